The van der Waals surface area contributed by atoms with Crippen molar-refractivity contribution in [3.8, 4) is 0 Å². The van der Waals surface area contributed by atoms with Crippen molar-refractivity contribution in [2.75, 3.05) is 29.9 Å². The van der Waals surface area contributed by atoms with Crippen molar-refractivity contribution in [1.82, 2.24) is 29.8 Å². The molecule has 8 heteroatoms. The summed E-state index contributed by atoms with van der Waals surface area (Å²) >= 11 is 0. The zero-order valence-electron chi connectivity index (χ0n) is 17.6. The van der Waals surface area contributed by atoms with Crippen molar-refractivity contribution >= 4 is 39.4 Å². The first kappa shape index (κ1) is 18.5. The Morgan fingerprint density at radius 1 is 1.06 bits per heavy atom. The lowest BCUT2D eigenvalue weighted by Crippen LogP contribution is -2.49. The van der Waals surface area contributed by atoms with Gasteiger partial charge in [0.15, 0.2) is 0 Å². The molecule has 0 spiro atoms. The predicted molar refractivity (Wildman–Crippen MR) is 123 cm³/mol. The van der Waals surface area contributed by atoms with E-state index in [0.717, 1.165) is 53.1 Å². The highest BCUT2D eigenvalue weighted by molar-refractivity contribution is 6.06. The van der Waals surface area contributed by atoms with Crippen molar-refractivity contribution in [3.63, 3.8) is 0 Å². The highest BCUT2D eigenvalue weighted by Crippen LogP contribution is 2.39. The lowest BCUT2D eigenvalue weighted by Gasteiger charge is -2.33. The van der Waals surface area contributed by atoms with Gasteiger partial charge in [0.1, 0.15) is 11.5 Å². The highest BCUT2D eigenvalue weighted by Gasteiger charge is 2.25. The average Bonchev–Trinajstić information content (AvgIpc) is 3.07. The van der Waals surface area contributed by atoms with Gasteiger partial charge in [-0.1, -0.05) is 0 Å². The molecule has 1 aliphatic carbocycles. The molecule has 0 aromatic carbocycles. The molecule has 6 rings (SSSR count). The molecule has 0 radical (unpaired) electrons. The Bertz CT molecular complexity index is 1230. The zero-order valence-corrected chi connectivity index (χ0v) is 17.6. The second-order valence-corrected chi connectivity index (χ2v) is 8.61. The van der Waals surface area contributed by atoms with Crippen LogP contribution in [0.4, 0.5) is 17.5 Å². The summed E-state index contributed by atoms with van der Waals surface area (Å²) in [6.45, 7) is 5.20. The second-order valence-electron chi connectivity index (χ2n) is 8.61. The molecule has 0 unspecified atom stereocenters. The fourth-order valence-corrected chi connectivity index (χ4v) is 4.67. The molecule has 5 heterocycles. The summed E-state index contributed by atoms with van der Waals surface area (Å²) in [6, 6.07) is 7.15. The molecule has 2 aliphatic rings. The van der Waals surface area contributed by atoms with Crippen LogP contribution < -0.4 is 15.5 Å². The molecule has 2 N–H and O–H groups in total. The van der Waals surface area contributed by atoms with E-state index in [0.29, 0.717) is 18.0 Å². The van der Waals surface area contributed by atoms with Crippen molar-refractivity contribution in [2.24, 2.45) is 0 Å². The van der Waals surface area contributed by atoms with E-state index in [-0.39, 0.29) is 0 Å². The number of piperazine rings is 1. The lowest BCUT2D eigenvalue weighted by molar-refractivity contribution is 0.327. The molecule has 1 saturated carbocycles. The third-order valence-corrected chi connectivity index (χ3v) is 6.51. The minimum Gasteiger partial charge on any atom is -0.367 e. The van der Waals surface area contributed by atoms with Crippen LogP contribution in [0.5, 0.6) is 0 Å². The minimum atomic E-state index is 0.490. The monoisotopic (exact) mass is 414 g/mol. The highest BCUT2D eigenvalue weighted by atomic mass is 15.2. The van der Waals surface area contributed by atoms with Gasteiger partial charge < -0.3 is 20.1 Å². The summed E-state index contributed by atoms with van der Waals surface area (Å²) in [5, 5.41) is 9.00. The van der Waals surface area contributed by atoms with Crippen molar-refractivity contribution in [2.45, 2.75) is 38.3 Å². The quantitative estimate of drug-likeness (QED) is 0.527. The molecule has 8 nitrogen and oxygen atoms in total. The maximum Gasteiger partial charge on any atom is 0.230 e. The lowest BCUT2D eigenvalue weighted by atomic mass is 9.93. The number of aromatic nitrogens is 5. The summed E-state index contributed by atoms with van der Waals surface area (Å²) in [4.78, 5) is 20.8. The number of nitrogens with one attached hydrogen (secondary N) is 2. The summed E-state index contributed by atoms with van der Waals surface area (Å²) in [7, 11) is 0. The Morgan fingerprint density at radius 3 is 2.77 bits per heavy atom. The van der Waals surface area contributed by atoms with Gasteiger partial charge >= 0.3 is 0 Å². The Hall–Kier alpha value is -3.26. The van der Waals surface area contributed by atoms with E-state index >= 15 is 0 Å². The van der Waals surface area contributed by atoms with Gasteiger partial charge in [-0.3, -0.25) is 4.98 Å². The van der Waals surface area contributed by atoms with Crippen LogP contribution >= 0.6 is 0 Å². The fourth-order valence-electron chi connectivity index (χ4n) is 4.67. The maximum absolute atomic E-state index is 4.89. The molecule has 0 amide bonds. The SMILES string of the molecule is C[C@H]1CN(c2ccc(Nc3ncc4c5ccncc5n(C5CCC5)c4n3)nc2)CCN1. The zero-order chi connectivity index (χ0) is 20.8. The molecular weight excluding hydrogens is 388 g/mol. The van der Waals surface area contributed by atoms with Crippen molar-refractivity contribution < 1.29 is 0 Å². The molecule has 1 atom stereocenters. The molecule has 4 aromatic rings. The predicted octanol–water partition coefficient (Wildman–Crippen LogP) is 3.64. The summed E-state index contributed by atoms with van der Waals surface area (Å²) in [5.41, 5.74) is 3.26. The number of pyridine rings is 2. The van der Waals surface area contributed by atoms with E-state index in [1.54, 1.807) is 0 Å². The van der Waals surface area contributed by atoms with Gasteiger partial charge in [0.2, 0.25) is 5.95 Å². The summed E-state index contributed by atoms with van der Waals surface area (Å²) < 4.78 is 2.34. The molecular formula is C23H26N8. The van der Waals surface area contributed by atoms with Gasteiger partial charge in [-0.2, -0.15) is 4.98 Å². The minimum absolute atomic E-state index is 0.490. The van der Waals surface area contributed by atoms with Gasteiger partial charge in [0.05, 0.1) is 23.6 Å². The number of fused-ring (bicyclic) bond motifs is 3. The van der Waals surface area contributed by atoms with Crippen LogP contribution in [0.1, 0.15) is 32.2 Å². The molecule has 0 bridgehead atoms. The van der Waals surface area contributed by atoms with Crippen molar-refractivity contribution in [1.29, 1.82) is 0 Å². The van der Waals surface area contributed by atoms with Gasteiger partial charge in [-0.25, -0.2) is 9.97 Å². The van der Waals surface area contributed by atoms with E-state index in [9.17, 15) is 0 Å². The Labute approximate surface area is 180 Å². The normalized spacial score (nSPS) is 19.6. The molecule has 31 heavy (non-hydrogen) atoms. The number of hydrogen-bond acceptors (Lipinski definition) is 7. The Kier molecular flexibility index (Phi) is 4.45. The van der Waals surface area contributed by atoms with E-state index in [1.165, 1.54) is 19.3 Å². The third-order valence-electron chi connectivity index (χ3n) is 6.51. The average molecular weight is 415 g/mol. The number of nitrogens with zero attached hydrogens (tertiary/aromatic N) is 6. The topological polar surface area (TPSA) is 83.8 Å². The summed E-state index contributed by atoms with van der Waals surface area (Å²) in [5.74, 6) is 1.32. The molecule has 1 aliphatic heterocycles. The standard InChI is InChI=1S/C23H26N8/c1-15-14-30(10-9-25-15)17-5-6-21(26-11-17)28-23-27-12-19-18-7-8-24-13-20(18)31(22(19)29-23)16-3-2-4-16/h5-8,11-13,15-16,25H,2-4,9-10,14H2,1H3,(H,26,27,28,29)/t15-/m0/s1. The van der Waals surface area contributed by atoms with Crippen LogP contribution in [0, 0.1) is 0 Å². The first-order chi connectivity index (χ1) is 15.3. The van der Waals surface area contributed by atoms with Gasteiger partial charge in [-0.15, -0.1) is 0 Å². The van der Waals surface area contributed by atoms with Crippen LogP contribution in [-0.2, 0) is 0 Å². The fraction of sp³-hybridized carbons (Fsp3) is 0.391. The van der Waals surface area contributed by atoms with Gasteiger partial charge in [-0.05, 0) is 44.4 Å². The van der Waals surface area contributed by atoms with Crippen molar-refractivity contribution in [3.05, 3.63) is 43.0 Å². The number of rotatable bonds is 4. The Morgan fingerprint density at radius 2 is 2.00 bits per heavy atom. The summed E-state index contributed by atoms with van der Waals surface area (Å²) in [6.07, 6.45) is 11.3. The smallest absolute Gasteiger partial charge is 0.230 e. The van der Waals surface area contributed by atoms with Gasteiger partial charge in [0.25, 0.3) is 0 Å². The van der Waals surface area contributed by atoms with Gasteiger partial charge in [0, 0.05) is 54.9 Å². The van der Waals surface area contributed by atoms with Crippen LogP contribution in [-0.4, -0.2) is 50.2 Å². The van der Waals surface area contributed by atoms with E-state index in [4.69, 9.17) is 4.98 Å². The molecule has 4 aromatic heterocycles. The van der Waals surface area contributed by atoms with Crippen LogP contribution in [0.2, 0.25) is 0 Å². The number of anilines is 3. The van der Waals surface area contributed by atoms with Crippen LogP contribution in [0.3, 0.4) is 0 Å². The first-order valence-corrected chi connectivity index (χ1v) is 11.1. The molecule has 2 fully saturated rings. The molecule has 1 saturated heterocycles. The first-order valence-electron chi connectivity index (χ1n) is 11.1. The second kappa shape index (κ2) is 7.46. The third kappa shape index (κ3) is 3.27. The Balaban J connectivity index is 1.31. The number of hydrogen-bond donors (Lipinski definition) is 2. The van der Waals surface area contributed by atoms with E-state index in [1.807, 2.05) is 30.9 Å². The molecule has 158 valence electrons. The van der Waals surface area contributed by atoms with E-state index in [2.05, 4.69) is 54.1 Å². The maximum atomic E-state index is 4.89. The van der Waals surface area contributed by atoms with Crippen LogP contribution in [0.25, 0.3) is 21.9 Å². The van der Waals surface area contributed by atoms with E-state index < -0.39 is 0 Å². The largest absolute Gasteiger partial charge is 0.367 e. The van der Waals surface area contributed by atoms with Crippen LogP contribution in [0.15, 0.2) is 43.0 Å².